The van der Waals surface area contributed by atoms with Gasteiger partial charge in [0.25, 0.3) is 0 Å². The van der Waals surface area contributed by atoms with Gasteiger partial charge in [-0.15, -0.1) is 0 Å². The van der Waals surface area contributed by atoms with Gasteiger partial charge in [-0.1, -0.05) is 37.9 Å². The number of rotatable bonds is 7. The molecule has 2 heterocycles. The fourth-order valence-electron chi connectivity index (χ4n) is 4.11. The summed E-state index contributed by atoms with van der Waals surface area (Å²) in [5, 5.41) is 12.6. The minimum absolute atomic E-state index is 0.252. The zero-order chi connectivity index (χ0) is 17.7. The number of likely N-dealkylation sites (tertiary alicyclic amines) is 1. The highest BCUT2D eigenvalue weighted by Crippen LogP contribution is 2.35. The SMILES string of the molecule is COCCC1(O)CCN(Cc2ccc(SC3CCCCC3)o2)CC1C. The highest BCUT2D eigenvalue weighted by atomic mass is 32.2. The molecule has 2 atom stereocenters. The number of hydrogen-bond donors (Lipinski definition) is 1. The van der Waals surface area contributed by atoms with E-state index in [0.29, 0.717) is 6.61 Å². The zero-order valence-corrected chi connectivity index (χ0v) is 16.5. The van der Waals surface area contributed by atoms with E-state index in [1.165, 1.54) is 32.1 Å². The average Bonchev–Trinajstić information content (AvgIpc) is 3.04. The van der Waals surface area contributed by atoms with Crippen LogP contribution in [0.1, 0.15) is 57.6 Å². The first-order valence-electron chi connectivity index (χ1n) is 9.78. The topological polar surface area (TPSA) is 45.8 Å². The number of thioether (sulfide) groups is 1. The first kappa shape index (κ1) is 19.3. The Kier molecular flexibility index (Phi) is 6.89. The Morgan fingerprint density at radius 1 is 1.32 bits per heavy atom. The molecule has 0 bridgehead atoms. The minimum Gasteiger partial charge on any atom is -0.454 e. The lowest BCUT2D eigenvalue weighted by Gasteiger charge is -2.43. The maximum atomic E-state index is 10.8. The third-order valence-electron chi connectivity index (χ3n) is 5.90. The van der Waals surface area contributed by atoms with Gasteiger partial charge in [0, 0.05) is 32.1 Å². The molecule has 1 aliphatic carbocycles. The van der Waals surface area contributed by atoms with Crippen molar-refractivity contribution in [3.63, 3.8) is 0 Å². The smallest absolute Gasteiger partial charge is 0.160 e. The molecule has 4 nitrogen and oxygen atoms in total. The number of methoxy groups -OCH3 is 1. The molecular weight excluding hydrogens is 334 g/mol. The van der Waals surface area contributed by atoms with Crippen molar-refractivity contribution in [2.45, 2.75) is 74.4 Å². The normalized spacial score (nSPS) is 29.2. The molecule has 1 N–H and O–H groups in total. The number of aliphatic hydroxyl groups is 1. The van der Waals surface area contributed by atoms with Crippen LogP contribution in [0, 0.1) is 5.92 Å². The largest absolute Gasteiger partial charge is 0.454 e. The van der Waals surface area contributed by atoms with Crippen LogP contribution in [-0.2, 0) is 11.3 Å². The molecule has 2 unspecified atom stereocenters. The lowest BCUT2D eigenvalue weighted by molar-refractivity contribution is -0.0836. The van der Waals surface area contributed by atoms with Gasteiger partial charge in [-0.3, -0.25) is 4.90 Å². The van der Waals surface area contributed by atoms with E-state index < -0.39 is 5.60 Å². The summed E-state index contributed by atoms with van der Waals surface area (Å²) in [7, 11) is 1.70. The fraction of sp³-hybridized carbons (Fsp3) is 0.800. The fourth-order valence-corrected chi connectivity index (χ4v) is 5.31. The lowest BCUT2D eigenvalue weighted by atomic mass is 9.80. The van der Waals surface area contributed by atoms with Crippen molar-refractivity contribution in [1.29, 1.82) is 0 Å². The van der Waals surface area contributed by atoms with Crippen LogP contribution in [0.15, 0.2) is 21.6 Å². The summed E-state index contributed by atoms with van der Waals surface area (Å²) >= 11 is 1.92. The molecule has 0 radical (unpaired) electrons. The van der Waals surface area contributed by atoms with E-state index in [4.69, 9.17) is 9.15 Å². The van der Waals surface area contributed by atoms with Gasteiger partial charge < -0.3 is 14.3 Å². The van der Waals surface area contributed by atoms with Gasteiger partial charge in [-0.25, -0.2) is 0 Å². The molecule has 2 fully saturated rings. The molecule has 1 aliphatic heterocycles. The van der Waals surface area contributed by atoms with E-state index in [2.05, 4.69) is 24.0 Å². The van der Waals surface area contributed by atoms with Crippen LogP contribution >= 0.6 is 11.8 Å². The van der Waals surface area contributed by atoms with Crippen LogP contribution in [0.5, 0.6) is 0 Å². The molecule has 1 aromatic heterocycles. The Hall–Kier alpha value is -0.490. The highest BCUT2D eigenvalue weighted by Gasteiger charge is 2.38. The van der Waals surface area contributed by atoms with Gasteiger partial charge in [0.05, 0.1) is 12.1 Å². The third kappa shape index (κ3) is 5.25. The van der Waals surface area contributed by atoms with E-state index in [1.54, 1.807) is 7.11 Å². The molecule has 0 aromatic carbocycles. The van der Waals surface area contributed by atoms with Crippen molar-refractivity contribution < 1.29 is 14.3 Å². The van der Waals surface area contributed by atoms with Crippen molar-refractivity contribution in [1.82, 2.24) is 4.90 Å². The van der Waals surface area contributed by atoms with E-state index in [-0.39, 0.29) is 5.92 Å². The quantitative estimate of drug-likeness (QED) is 0.778. The Balaban J connectivity index is 1.48. The number of nitrogens with zero attached hydrogens (tertiary/aromatic N) is 1. The maximum absolute atomic E-state index is 10.8. The molecule has 25 heavy (non-hydrogen) atoms. The van der Waals surface area contributed by atoms with Crippen LogP contribution in [-0.4, -0.2) is 47.7 Å². The molecule has 0 spiro atoms. The van der Waals surface area contributed by atoms with Gasteiger partial charge in [-0.2, -0.15) is 0 Å². The first-order valence-corrected chi connectivity index (χ1v) is 10.7. The van der Waals surface area contributed by atoms with E-state index in [0.717, 1.165) is 48.6 Å². The van der Waals surface area contributed by atoms with Crippen LogP contribution in [0.25, 0.3) is 0 Å². The molecule has 5 heteroatoms. The second kappa shape index (κ2) is 8.94. The second-order valence-electron chi connectivity index (χ2n) is 7.83. The highest BCUT2D eigenvalue weighted by molar-refractivity contribution is 7.99. The third-order valence-corrected chi connectivity index (χ3v) is 7.16. The van der Waals surface area contributed by atoms with Gasteiger partial charge in [0.1, 0.15) is 5.76 Å². The molecular formula is C20H33NO3S. The van der Waals surface area contributed by atoms with Crippen molar-refractivity contribution in [3.05, 3.63) is 17.9 Å². The Bertz CT molecular complexity index is 529. The minimum atomic E-state index is -0.586. The average molecular weight is 368 g/mol. The van der Waals surface area contributed by atoms with Crippen LogP contribution in [0.3, 0.4) is 0 Å². The summed E-state index contributed by atoms with van der Waals surface area (Å²) in [6.07, 6.45) is 8.30. The van der Waals surface area contributed by atoms with Gasteiger partial charge >= 0.3 is 0 Å². The summed E-state index contributed by atoms with van der Waals surface area (Å²) in [6.45, 7) is 5.44. The predicted molar refractivity (Wildman–Crippen MR) is 102 cm³/mol. The molecule has 2 aliphatic rings. The lowest BCUT2D eigenvalue weighted by Crippen LogP contribution is -2.50. The Labute approximate surface area is 156 Å². The number of ether oxygens (including phenoxy) is 1. The van der Waals surface area contributed by atoms with Crippen LogP contribution in [0.2, 0.25) is 0 Å². The molecule has 0 amide bonds. The molecule has 3 rings (SSSR count). The predicted octanol–water partition coefficient (Wildman–Crippen LogP) is 4.31. The number of furan rings is 1. The molecule has 1 saturated heterocycles. The van der Waals surface area contributed by atoms with Crippen molar-refractivity contribution in [3.8, 4) is 0 Å². The van der Waals surface area contributed by atoms with Gasteiger partial charge in [0.15, 0.2) is 5.09 Å². The summed E-state index contributed by atoms with van der Waals surface area (Å²) in [6, 6.07) is 4.26. The van der Waals surface area contributed by atoms with E-state index in [1.807, 2.05) is 11.8 Å². The van der Waals surface area contributed by atoms with E-state index >= 15 is 0 Å². The summed E-state index contributed by atoms with van der Waals surface area (Å²) in [5.41, 5.74) is -0.586. The van der Waals surface area contributed by atoms with Gasteiger partial charge in [-0.05, 0) is 43.7 Å². The Morgan fingerprint density at radius 3 is 2.84 bits per heavy atom. The summed E-state index contributed by atoms with van der Waals surface area (Å²) in [4.78, 5) is 2.40. The molecule has 1 aromatic rings. The van der Waals surface area contributed by atoms with Crippen molar-refractivity contribution >= 4 is 11.8 Å². The number of piperidine rings is 1. The van der Waals surface area contributed by atoms with E-state index in [9.17, 15) is 5.11 Å². The molecule has 1 saturated carbocycles. The van der Waals surface area contributed by atoms with Crippen molar-refractivity contribution in [2.75, 3.05) is 26.8 Å². The maximum Gasteiger partial charge on any atom is 0.160 e. The second-order valence-corrected chi connectivity index (χ2v) is 9.14. The van der Waals surface area contributed by atoms with Crippen LogP contribution < -0.4 is 0 Å². The zero-order valence-electron chi connectivity index (χ0n) is 15.7. The first-order chi connectivity index (χ1) is 12.1. The summed E-state index contributed by atoms with van der Waals surface area (Å²) < 4.78 is 11.2. The number of hydrogen-bond acceptors (Lipinski definition) is 5. The molecule has 142 valence electrons. The monoisotopic (exact) mass is 367 g/mol. The summed E-state index contributed by atoms with van der Waals surface area (Å²) in [5.74, 6) is 1.30. The van der Waals surface area contributed by atoms with Crippen LogP contribution in [0.4, 0.5) is 0 Å². The van der Waals surface area contributed by atoms with Gasteiger partial charge in [0.2, 0.25) is 0 Å². The Morgan fingerprint density at radius 2 is 2.12 bits per heavy atom. The standard InChI is InChI=1S/C20H33NO3S/c1-16-14-21(12-10-20(16,22)11-13-23-2)15-17-8-9-19(24-17)25-18-6-4-3-5-7-18/h8-9,16,18,22H,3-7,10-15H2,1-2H3. The van der Waals surface area contributed by atoms with Crippen molar-refractivity contribution in [2.24, 2.45) is 5.92 Å².